The van der Waals surface area contributed by atoms with E-state index in [9.17, 15) is 0 Å². The largest absolute Gasteiger partial charge is 0.396 e. The Morgan fingerprint density at radius 3 is 3.00 bits per heavy atom. The van der Waals surface area contributed by atoms with E-state index in [4.69, 9.17) is 5.11 Å². The molecule has 0 amide bonds. The van der Waals surface area contributed by atoms with E-state index >= 15 is 0 Å². The molecular weight excluding hydrogens is 268 g/mol. The molecule has 0 fully saturated rings. The number of aryl methyl sites for hydroxylation is 1. The smallest absolute Gasteiger partial charge is 0.165 e. The molecule has 3 aromatic heterocycles. The van der Waals surface area contributed by atoms with E-state index in [1.54, 1.807) is 18.7 Å². The molecule has 0 unspecified atom stereocenters. The molecule has 0 aliphatic heterocycles. The Morgan fingerprint density at radius 2 is 2.24 bits per heavy atom. The van der Waals surface area contributed by atoms with E-state index in [2.05, 4.69) is 25.3 Å². The number of nitrogens with one attached hydrogen (secondary N) is 1. The first kappa shape index (κ1) is 13.4. The van der Waals surface area contributed by atoms with Crippen LogP contribution in [-0.4, -0.2) is 42.8 Å². The summed E-state index contributed by atoms with van der Waals surface area (Å²) in [7, 11) is 1.90. The fraction of sp³-hybridized carbons (Fsp3) is 0.286. The van der Waals surface area contributed by atoms with Crippen LogP contribution in [0.3, 0.4) is 0 Å². The number of imidazole rings is 1. The molecule has 108 valence electrons. The summed E-state index contributed by atoms with van der Waals surface area (Å²) in [6.07, 6.45) is 5.81. The van der Waals surface area contributed by atoms with Gasteiger partial charge in [0, 0.05) is 38.2 Å². The molecule has 0 spiro atoms. The van der Waals surface area contributed by atoms with Gasteiger partial charge >= 0.3 is 0 Å². The molecule has 0 saturated heterocycles. The third-order valence-electron chi connectivity index (χ3n) is 3.11. The van der Waals surface area contributed by atoms with Crippen LogP contribution in [0.2, 0.25) is 0 Å². The SMILES string of the molecule is Cn1cnc2c(NCCCO)nc(-c3cccnc3)nc21. The quantitative estimate of drug-likeness (QED) is 0.685. The minimum Gasteiger partial charge on any atom is -0.396 e. The highest BCUT2D eigenvalue weighted by atomic mass is 16.3. The van der Waals surface area contributed by atoms with Gasteiger partial charge in [0.05, 0.1) is 6.33 Å². The molecule has 3 rings (SSSR count). The molecule has 3 aromatic rings. The number of nitrogens with zero attached hydrogens (tertiary/aromatic N) is 5. The average molecular weight is 284 g/mol. The molecule has 7 nitrogen and oxygen atoms in total. The van der Waals surface area contributed by atoms with Gasteiger partial charge in [0.25, 0.3) is 0 Å². The number of hydrogen-bond acceptors (Lipinski definition) is 6. The number of aliphatic hydroxyl groups is 1. The van der Waals surface area contributed by atoms with E-state index in [1.165, 1.54) is 0 Å². The number of fused-ring (bicyclic) bond motifs is 1. The van der Waals surface area contributed by atoms with Gasteiger partial charge in [0.15, 0.2) is 17.3 Å². The number of anilines is 1. The van der Waals surface area contributed by atoms with Crippen molar-refractivity contribution < 1.29 is 5.11 Å². The molecule has 0 saturated carbocycles. The molecule has 0 bridgehead atoms. The fourth-order valence-electron chi connectivity index (χ4n) is 2.04. The molecule has 0 radical (unpaired) electrons. The van der Waals surface area contributed by atoms with Crippen molar-refractivity contribution in [3.8, 4) is 11.4 Å². The van der Waals surface area contributed by atoms with E-state index in [0.29, 0.717) is 24.6 Å². The topological polar surface area (TPSA) is 88.8 Å². The number of rotatable bonds is 5. The van der Waals surface area contributed by atoms with Gasteiger partial charge in [-0.1, -0.05) is 0 Å². The Kier molecular flexibility index (Phi) is 3.74. The van der Waals surface area contributed by atoms with E-state index in [-0.39, 0.29) is 6.61 Å². The third-order valence-corrected chi connectivity index (χ3v) is 3.11. The normalized spacial score (nSPS) is 11.0. The summed E-state index contributed by atoms with van der Waals surface area (Å²) in [4.78, 5) is 17.5. The zero-order valence-electron chi connectivity index (χ0n) is 11.7. The first-order valence-electron chi connectivity index (χ1n) is 6.74. The lowest BCUT2D eigenvalue weighted by molar-refractivity contribution is 0.292. The highest BCUT2D eigenvalue weighted by molar-refractivity contribution is 5.85. The van der Waals surface area contributed by atoms with Crippen LogP contribution < -0.4 is 5.32 Å². The highest BCUT2D eigenvalue weighted by Gasteiger charge is 2.12. The summed E-state index contributed by atoms with van der Waals surface area (Å²) in [6, 6.07) is 3.77. The van der Waals surface area contributed by atoms with Gasteiger partial charge < -0.3 is 15.0 Å². The van der Waals surface area contributed by atoms with Crippen LogP contribution in [0.15, 0.2) is 30.9 Å². The first-order chi connectivity index (χ1) is 10.3. The van der Waals surface area contributed by atoms with Crippen LogP contribution in [0.5, 0.6) is 0 Å². The van der Waals surface area contributed by atoms with Gasteiger partial charge in [-0.2, -0.15) is 0 Å². The maximum atomic E-state index is 8.89. The average Bonchev–Trinajstić information content (AvgIpc) is 2.90. The second-order valence-electron chi connectivity index (χ2n) is 4.67. The van der Waals surface area contributed by atoms with Crippen LogP contribution in [0, 0.1) is 0 Å². The van der Waals surface area contributed by atoms with Crippen molar-refractivity contribution in [2.45, 2.75) is 6.42 Å². The Morgan fingerprint density at radius 1 is 1.33 bits per heavy atom. The maximum Gasteiger partial charge on any atom is 0.165 e. The Hall–Kier alpha value is -2.54. The molecule has 0 aliphatic carbocycles. The molecule has 0 atom stereocenters. The monoisotopic (exact) mass is 284 g/mol. The summed E-state index contributed by atoms with van der Waals surface area (Å²) in [5.74, 6) is 1.28. The number of hydrogen-bond donors (Lipinski definition) is 2. The van der Waals surface area contributed by atoms with Crippen molar-refractivity contribution >= 4 is 17.0 Å². The third kappa shape index (κ3) is 2.68. The van der Waals surface area contributed by atoms with Crippen LogP contribution in [0.1, 0.15) is 6.42 Å². The second kappa shape index (κ2) is 5.84. The molecule has 2 N–H and O–H groups in total. The van der Waals surface area contributed by atoms with Gasteiger partial charge in [0.1, 0.15) is 5.52 Å². The van der Waals surface area contributed by atoms with Crippen LogP contribution in [-0.2, 0) is 7.05 Å². The zero-order valence-corrected chi connectivity index (χ0v) is 11.7. The highest BCUT2D eigenvalue weighted by Crippen LogP contribution is 2.23. The molecule has 3 heterocycles. The van der Waals surface area contributed by atoms with Crippen molar-refractivity contribution in [2.24, 2.45) is 7.05 Å². The minimum absolute atomic E-state index is 0.138. The molecule has 7 heteroatoms. The van der Waals surface area contributed by atoms with Crippen LogP contribution in [0.25, 0.3) is 22.6 Å². The van der Waals surface area contributed by atoms with Gasteiger partial charge in [-0.3, -0.25) is 4.98 Å². The Balaban J connectivity index is 2.07. The van der Waals surface area contributed by atoms with Crippen molar-refractivity contribution in [3.05, 3.63) is 30.9 Å². The lowest BCUT2D eigenvalue weighted by Crippen LogP contribution is -2.07. The summed E-state index contributed by atoms with van der Waals surface area (Å²) in [5, 5.41) is 12.1. The standard InChI is InChI=1S/C14H16N6O/c1-20-9-17-11-13(16-6-3-7-21)18-12(19-14(11)20)10-4-2-5-15-8-10/h2,4-5,8-9,21H,3,6-7H2,1H3,(H,16,18,19). The zero-order chi connectivity index (χ0) is 14.7. The number of aromatic nitrogens is 5. The molecular formula is C14H16N6O. The van der Waals surface area contributed by atoms with Crippen molar-refractivity contribution in [2.75, 3.05) is 18.5 Å². The summed E-state index contributed by atoms with van der Waals surface area (Å²) in [5.41, 5.74) is 2.34. The maximum absolute atomic E-state index is 8.89. The summed E-state index contributed by atoms with van der Waals surface area (Å²) >= 11 is 0. The van der Waals surface area contributed by atoms with Crippen molar-refractivity contribution in [1.82, 2.24) is 24.5 Å². The van der Waals surface area contributed by atoms with E-state index in [0.717, 1.165) is 16.7 Å². The van der Waals surface area contributed by atoms with Gasteiger partial charge in [-0.25, -0.2) is 15.0 Å². The second-order valence-corrected chi connectivity index (χ2v) is 4.67. The summed E-state index contributed by atoms with van der Waals surface area (Å²) < 4.78 is 1.86. The Bertz CT molecular complexity index is 740. The van der Waals surface area contributed by atoms with Gasteiger partial charge in [0.2, 0.25) is 0 Å². The Labute approximate surface area is 121 Å². The molecule has 0 aromatic carbocycles. The lowest BCUT2D eigenvalue weighted by atomic mass is 10.2. The molecule has 21 heavy (non-hydrogen) atoms. The number of aliphatic hydroxyl groups excluding tert-OH is 1. The number of pyridine rings is 1. The summed E-state index contributed by atoms with van der Waals surface area (Å²) in [6.45, 7) is 0.768. The van der Waals surface area contributed by atoms with Crippen LogP contribution in [0.4, 0.5) is 5.82 Å². The van der Waals surface area contributed by atoms with Crippen molar-refractivity contribution in [1.29, 1.82) is 0 Å². The lowest BCUT2D eigenvalue weighted by Gasteiger charge is -2.08. The van der Waals surface area contributed by atoms with Crippen molar-refractivity contribution in [3.63, 3.8) is 0 Å². The minimum atomic E-state index is 0.138. The predicted molar refractivity (Wildman–Crippen MR) is 79.7 cm³/mol. The van der Waals surface area contributed by atoms with E-state index in [1.807, 2.05) is 23.7 Å². The molecule has 0 aliphatic rings. The van der Waals surface area contributed by atoms with Gasteiger partial charge in [-0.05, 0) is 18.6 Å². The van der Waals surface area contributed by atoms with Gasteiger partial charge in [-0.15, -0.1) is 0 Å². The van der Waals surface area contributed by atoms with Crippen LogP contribution >= 0.6 is 0 Å². The first-order valence-corrected chi connectivity index (χ1v) is 6.74. The van der Waals surface area contributed by atoms with E-state index < -0.39 is 0 Å². The fourth-order valence-corrected chi connectivity index (χ4v) is 2.04. The predicted octanol–water partition coefficient (Wildman–Crippen LogP) is 1.22.